The summed E-state index contributed by atoms with van der Waals surface area (Å²) in [5.74, 6) is -2.56. The number of carboxylic acids is 1. The molecule has 1 aromatic carbocycles. The van der Waals surface area contributed by atoms with E-state index < -0.39 is 23.8 Å². The maximum absolute atomic E-state index is 12.3. The summed E-state index contributed by atoms with van der Waals surface area (Å²) in [6.07, 6.45) is 0. The zero-order chi connectivity index (χ0) is 14.3. The fraction of sp³-hybridized carbons (Fsp3) is 0.357. The van der Waals surface area contributed by atoms with Crippen LogP contribution in [0.3, 0.4) is 0 Å². The van der Waals surface area contributed by atoms with Gasteiger partial charge in [0.25, 0.3) is 11.8 Å². The molecule has 5 nitrogen and oxygen atoms in total. The molecule has 1 heterocycles. The Balaban J connectivity index is 2.50. The number of amides is 2. The minimum Gasteiger partial charge on any atom is -0.480 e. The van der Waals surface area contributed by atoms with E-state index in [0.29, 0.717) is 0 Å². The first-order valence-corrected chi connectivity index (χ1v) is 6.06. The lowest BCUT2D eigenvalue weighted by Gasteiger charge is -2.25. The number of carboxylic acid groups (broad SMARTS) is 1. The van der Waals surface area contributed by atoms with Crippen LogP contribution in [0.1, 0.15) is 40.1 Å². The Hall–Kier alpha value is -2.17. The number of benzene rings is 1. The average molecular weight is 261 g/mol. The molecule has 2 rings (SSSR count). The molecular formula is C14H15NO4. The summed E-state index contributed by atoms with van der Waals surface area (Å²) >= 11 is 0. The van der Waals surface area contributed by atoms with Gasteiger partial charge < -0.3 is 5.11 Å². The minimum atomic E-state index is -1.17. The fourth-order valence-corrected chi connectivity index (χ4v) is 2.32. The molecule has 2 amide bonds. The first-order chi connectivity index (χ1) is 8.84. The maximum atomic E-state index is 12.3. The molecule has 0 saturated carbocycles. The number of nitrogens with zero attached hydrogens (tertiary/aromatic N) is 1. The monoisotopic (exact) mass is 261 g/mol. The average Bonchev–Trinajstić information content (AvgIpc) is 2.53. The van der Waals surface area contributed by atoms with Crippen molar-refractivity contribution in [3.05, 3.63) is 34.9 Å². The van der Waals surface area contributed by atoms with E-state index in [1.165, 1.54) is 0 Å². The van der Waals surface area contributed by atoms with Crippen molar-refractivity contribution in [2.45, 2.75) is 26.8 Å². The second-order valence-corrected chi connectivity index (χ2v) is 5.06. The fourth-order valence-electron chi connectivity index (χ4n) is 2.32. The summed E-state index contributed by atoms with van der Waals surface area (Å²) in [5.41, 5.74) is 1.43. The van der Waals surface area contributed by atoms with Crippen LogP contribution in [0.2, 0.25) is 0 Å². The first kappa shape index (κ1) is 13.3. The third-order valence-corrected chi connectivity index (χ3v) is 3.24. The lowest BCUT2D eigenvalue weighted by Crippen LogP contribution is -2.47. The van der Waals surface area contributed by atoms with Gasteiger partial charge in [0.15, 0.2) is 0 Å². The SMILES string of the molecule is Cc1ccc2c(c1)C(=O)N([C@@H](C(=O)O)C(C)C)C2=O. The molecule has 1 aliphatic rings. The van der Waals surface area contributed by atoms with Gasteiger partial charge in [0.05, 0.1) is 11.1 Å². The highest BCUT2D eigenvalue weighted by Gasteiger charge is 2.44. The van der Waals surface area contributed by atoms with Crippen LogP contribution in [-0.2, 0) is 4.79 Å². The molecule has 19 heavy (non-hydrogen) atoms. The highest BCUT2D eigenvalue weighted by molar-refractivity contribution is 6.22. The van der Waals surface area contributed by atoms with E-state index in [4.69, 9.17) is 0 Å². The van der Waals surface area contributed by atoms with Gasteiger partial charge in [-0.3, -0.25) is 14.5 Å². The summed E-state index contributed by atoms with van der Waals surface area (Å²) in [4.78, 5) is 36.6. The molecule has 0 saturated heterocycles. The lowest BCUT2D eigenvalue weighted by molar-refractivity contribution is -0.143. The number of hydrogen-bond acceptors (Lipinski definition) is 3. The Bertz CT molecular complexity index is 577. The minimum absolute atomic E-state index is 0.280. The number of imide groups is 1. The summed E-state index contributed by atoms with van der Waals surface area (Å²) in [5, 5.41) is 9.23. The van der Waals surface area contributed by atoms with E-state index in [0.717, 1.165) is 10.5 Å². The predicted molar refractivity (Wildman–Crippen MR) is 67.9 cm³/mol. The molecule has 1 aliphatic heterocycles. The Morgan fingerprint density at radius 2 is 1.74 bits per heavy atom. The summed E-state index contributed by atoms with van der Waals surface area (Å²) in [7, 11) is 0. The molecule has 0 aliphatic carbocycles. The van der Waals surface area contributed by atoms with E-state index in [1.54, 1.807) is 32.0 Å². The Labute approximate surface area is 110 Å². The van der Waals surface area contributed by atoms with E-state index in [1.807, 2.05) is 6.92 Å². The van der Waals surface area contributed by atoms with Crippen molar-refractivity contribution < 1.29 is 19.5 Å². The number of fused-ring (bicyclic) bond motifs is 1. The van der Waals surface area contributed by atoms with Gasteiger partial charge in [-0.05, 0) is 25.0 Å². The third-order valence-electron chi connectivity index (χ3n) is 3.24. The van der Waals surface area contributed by atoms with Gasteiger partial charge in [-0.2, -0.15) is 0 Å². The summed E-state index contributed by atoms with van der Waals surface area (Å²) in [6, 6.07) is 3.80. The molecule has 0 fully saturated rings. The molecule has 0 bridgehead atoms. The number of rotatable bonds is 3. The van der Waals surface area contributed by atoms with Crippen LogP contribution in [0, 0.1) is 12.8 Å². The van der Waals surface area contributed by atoms with Gasteiger partial charge in [-0.25, -0.2) is 4.79 Å². The second kappa shape index (κ2) is 4.50. The molecule has 1 N–H and O–H groups in total. The molecule has 0 unspecified atom stereocenters. The Morgan fingerprint density at radius 1 is 1.16 bits per heavy atom. The van der Waals surface area contributed by atoms with Gasteiger partial charge in [0, 0.05) is 0 Å². The van der Waals surface area contributed by atoms with E-state index in [-0.39, 0.29) is 17.0 Å². The molecule has 0 aromatic heterocycles. The smallest absolute Gasteiger partial charge is 0.327 e. The topological polar surface area (TPSA) is 74.7 Å². The molecule has 5 heteroatoms. The molecule has 0 radical (unpaired) electrons. The highest BCUT2D eigenvalue weighted by Crippen LogP contribution is 2.28. The van der Waals surface area contributed by atoms with Crippen LogP contribution in [0.5, 0.6) is 0 Å². The van der Waals surface area contributed by atoms with Gasteiger partial charge in [0.2, 0.25) is 0 Å². The van der Waals surface area contributed by atoms with Crippen molar-refractivity contribution in [2.75, 3.05) is 0 Å². The van der Waals surface area contributed by atoms with Crippen LogP contribution in [0.25, 0.3) is 0 Å². The molecular weight excluding hydrogens is 246 g/mol. The normalized spacial score (nSPS) is 15.9. The summed E-state index contributed by atoms with van der Waals surface area (Å²) < 4.78 is 0. The van der Waals surface area contributed by atoms with Crippen molar-refractivity contribution in [1.82, 2.24) is 4.90 Å². The molecule has 1 atom stereocenters. The number of carbonyl (C=O) groups is 3. The first-order valence-electron chi connectivity index (χ1n) is 6.06. The third kappa shape index (κ3) is 2.01. The van der Waals surface area contributed by atoms with Crippen molar-refractivity contribution in [3.63, 3.8) is 0 Å². The van der Waals surface area contributed by atoms with Crippen LogP contribution in [-0.4, -0.2) is 33.8 Å². The zero-order valence-corrected chi connectivity index (χ0v) is 11.0. The van der Waals surface area contributed by atoms with Gasteiger partial charge in [-0.1, -0.05) is 25.5 Å². The predicted octanol–water partition coefficient (Wildman–Crippen LogP) is 1.70. The van der Waals surface area contributed by atoms with Crippen molar-refractivity contribution in [3.8, 4) is 0 Å². The van der Waals surface area contributed by atoms with Crippen molar-refractivity contribution in [1.29, 1.82) is 0 Å². The van der Waals surface area contributed by atoms with E-state index >= 15 is 0 Å². The second-order valence-electron chi connectivity index (χ2n) is 5.06. The maximum Gasteiger partial charge on any atom is 0.327 e. The van der Waals surface area contributed by atoms with E-state index in [9.17, 15) is 19.5 Å². The molecule has 0 spiro atoms. The van der Waals surface area contributed by atoms with Crippen LogP contribution < -0.4 is 0 Å². The van der Waals surface area contributed by atoms with Crippen molar-refractivity contribution in [2.24, 2.45) is 5.92 Å². The number of aryl methyl sites for hydroxylation is 1. The van der Waals surface area contributed by atoms with Crippen LogP contribution >= 0.6 is 0 Å². The summed E-state index contributed by atoms with van der Waals surface area (Å²) in [6.45, 7) is 5.17. The Morgan fingerprint density at radius 3 is 2.26 bits per heavy atom. The highest BCUT2D eigenvalue weighted by atomic mass is 16.4. The zero-order valence-electron chi connectivity index (χ0n) is 11.0. The van der Waals surface area contributed by atoms with Crippen LogP contribution in [0.4, 0.5) is 0 Å². The van der Waals surface area contributed by atoms with Gasteiger partial charge in [0.1, 0.15) is 6.04 Å². The molecule has 100 valence electrons. The molecule has 1 aromatic rings. The number of aliphatic carboxylic acids is 1. The van der Waals surface area contributed by atoms with Gasteiger partial charge >= 0.3 is 5.97 Å². The lowest BCUT2D eigenvalue weighted by atomic mass is 10.0. The largest absolute Gasteiger partial charge is 0.480 e. The van der Waals surface area contributed by atoms with Gasteiger partial charge in [-0.15, -0.1) is 0 Å². The van der Waals surface area contributed by atoms with Crippen molar-refractivity contribution >= 4 is 17.8 Å². The van der Waals surface area contributed by atoms with Crippen LogP contribution in [0.15, 0.2) is 18.2 Å². The quantitative estimate of drug-likeness (QED) is 0.840. The number of hydrogen-bond donors (Lipinski definition) is 1. The van der Waals surface area contributed by atoms with E-state index in [2.05, 4.69) is 0 Å². The Kier molecular flexibility index (Phi) is 3.14. The standard InChI is InChI=1S/C14H15NO4/c1-7(2)11(14(18)19)15-12(16)9-5-4-8(3)6-10(9)13(15)17/h4-7,11H,1-3H3,(H,18,19)/t11-/m1/s1. The number of carbonyl (C=O) groups excluding carboxylic acids is 2.